The van der Waals surface area contributed by atoms with Crippen LogP contribution in [0.4, 0.5) is 27.6 Å². The maximum absolute atomic E-state index is 12.1. The molecule has 0 atom stereocenters. The minimum Gasteiger partial charge on any atom is -0.398 e. The fraction of sp³-hybridized carbons (Fsp3) is 0.250. The molecule has 1 nitrogen and oxygen atoms in total. The molecule has 0 radical (unpaired) electrons. The van der Waals surface area contributed by atoms with Gasteiger partial charge in [0.25, 0.3) is 6.43 Å². The summed E-state index contributed by atoms with van der Waals surface area (Å²) in [5.41, 5.74) is 2.69. The molecule has 0 spiro atoms. The maximum Gasteiger partial charge on any atom is 0.418 e. The van der Waals surface area contributed by atoms with Crippen LogP contribution >= 0.6 is 0 Å². The minimum atomic E-state index is -4.61. The Kier molecular flexibility index (Phi) is 2.64. The van der Waals surface area contributed by atoms with Gasteiger partial charge in [0.15, 0.2) is 0 Å². The summed E-state index contributed by atoms with van der Waals surface area (Å²) in [6.07, 6.45) is -7.43. The quantitative estimate of drug-likeness (QED) is 0.560. The van der Waals surface area contributed by atoms with E-state index in [9.17, 15) is 22.0 Å². The second-order valence-electron chi connectivity index (χ2n) is 2.65. The number of hydrogen-bond acceptors (Lipinski definition) is 1. The van der Waals surface area contributed by atoms with Gasteiger partial charge in [0.1, 0.15) is 0 Å². The molecule has 1 aromatic rings. The van der Waals surface area contributed by atoms with Gasteiger partial charge < -0.3 is 5.73 Å². The monoisotopic (exact) mass is 211 g/mol. The third-order valence-corrected chi connectivity index (χ3v) is 1.63. The molecule has 0 aliphatic heterocycles. The number of alkyl halides is 5. The molecular formula is C8H6F5N. The summed E-state index contributed by atoms with van der Waals surface area (Å²) in [7, 11) is 0. The van der Waals surface area contributed by atoms with Crippen molar-refractivity contribution in [2.24, 2.45) is 0 Å². The number of hydrogen-bond donors (Lipinski definition) is 1. The first-order valence-electron chi connectivity index (χ1n) is 3.57. The van der Waals surface area contributed by atoms with Crippen molar-refractivity contribution >= 4 is 5.69 Å². The summed E-state index contributed by atoms with van der Waals surface area (Å²) in [6, 6.07) is 1.90. The average Bonchev–Trinajstić information content (AvgIpc) is 2.01. The van der Waals surface area contributed by atoms with Crippen molar-refractivity contribution in [3.8, 4) is 0 Å². The van der Waals surface area contributed by atoms with E-state index in [1.54, 1.807) is 0 Å². The zero-order valence-electron chi connectivity index (χ0n) is 6.78. The van der Waals surface area contributed by atoms with Gasteiger partial charge in [-0.3, -0.25) is 0 Å². The number of halogens is 5. The molecule has 0 aliphatic carbocycles. The Hall–Kier alpha value is -1.33. The van der Waals surface area contributed by atoms with E-state index in [-0.39, 0.29) is 0 Å². The van der Waals surface area contributed by atoms with Crippen LogP contribution in [0.15, 0.2) is 18.2 Å². The van der Waals surface area contributed by atoms with Crippen LogP contribution in [0.2, 0.25) is 0 Å². The lowest BCUT2D eigenvalue weighted by atomic mass is 10.1. The first-order chi connectivity index (χ1) is 6.32. The summed E-state index contributed by atoms with van der Waals surface area (Å²) >= 11 is 0. The topological polar surface area (TPSA) is 26.0 Å². The second kappa shape index (κ2) is 3.43. The largest absolute Gasteiger partial charge is 0.418 e. The molecule has 0 aromatic heterocycles. The van der Waals surface area contributed by atoms with Crippen LogP contribution in [-0.2, 0) is 6.18 Å². The van der Waals surface area contributed by atoms with Gasteiger partial charge in [0, 0.05) is 11.3 Å². The van der Waals surface area contributed by atoms with Gasteiger partial charge in [-0.05, 0) is 12.1 Å². The van der Waals surface area contributed by atoms with E-state index in [2.05, 4.69) is 0 Å². The average molecular weight is 211 g/mol. The van der Waals surface area contributed by atoms with Crippen LogP contribution in [0.1, 0.15) is 17.6 Å². The molecule has 0 saturated carbocycles. The fourth-order valence-electron chi connectivity index (χ4n) is 0.975. The van der Waals surface area contributed by atoms with Gasteiger partial charge in [-0.25, -0.2) is 8.78 Å². The number of rotatable bonds is 1. The molecule has 2 N–H and O–H groups in total. The van der Waals surface area contributed by atoms with Gasteiger partial charge in [-0.2, -0.15) is 13.2 Å². The lowest BCUT2D eigenvalue weighted by Crippen LogP contribution is -2.09. The Morgan fingerprint density at radius 1 is 1.14 bits per heavy atom. The summed E-state index contributed by atoms with van der Waals surface area (Å²) in [6.45, 7) is 0. The minimum absolute atomic E-state index is 0.518. The molecule has 0 heterocycles. The van der Waals surface area contributed by atoms with Gasteiger partial charge in [-0.1, -0.05) is 6.07 Å². The lowest BCUT2D eigenvalue weighted by molar-refractivity contribution is -0.136. The van der Waals surface area contributed by atoms with E-state index in [4.69, 9.17) is 5.73 Å². The smallest absolute Gasteiger partial charge is 0.398 e. The zero-order valence-corrected chi connectivity index (χ0v) is 6.78. The lowest BCUT2D eigenvalue weighted by Gasteiger charge is -2.10. The van der Waals surface area contributed by atoms with E-state index in [0.29, 0.717) is 18.2 Å². The summed E-state index contributed by atoms with van der Waals surface area (Å²) in [5.74, 6) is 0. The SMILES string of the molecule is Nc1cc(C(F)F)ccc1C(F)(F)F. The molecule has 0 aliphatic rings. The molecule has 78 valence electrons. The van der Waals surface area contributed by atoms with Crippen LogP contribution < -0.4 is 5.73 Å². The Morgan fingerprint density at radius 2 is 1.71 bits per heavy atom. The van der Waals surface area contributed by atoms with Gasteiger partial charge >= 0.3 is 6.18 Å². The van der Waals surface area contributed by atoms with E-state index < -0.39 is 29.4 Å². The number of benzene rings is 1. The highest BCUT2D eigenvalue weighted by molar-refractivity contribution is 5.50. The maximum atomic E-state index is 12.1. The molecule has 0 saturated heterocycles. The first kappa shape index (κ1) is 10.7. The third-order valence-electron chi connectivity index (χ3n) is 1.63. The highest BCUT2D eigenvalue weighted by atomic mass is 19.4. The highest BCUT2D eigenvalue weighted by Gasteiger charge is 2.33. The molecule has 1 aromatic carbocycles. The van der Waals surface area contributed by atoms with E-state index in [1.165, 1.54) is 0 Å². The molecule has 0 amide bonds. The fourth-order valence-corrected chi connectivity index (χ4v) is 0.975. The van der Waals surface area contributed by atoms with E-state index in [0.717, 1.165) is 0 Å². The predicted molar refractivity (Wildman–Crippen MR) is 40.8 cm³/mol. The predicted octanol–water partition coefficient (Wildman–Crippen LogP) is 3.23. The van der Waals surface area contributed by atoms with Crippen LogP contribution in [0, 0.1) is 0 Å². The third kappa shape index (κ3) is 2.12. The number of nitrogens with two attached hydrogens (primary N) is 1. The van der Waals surface area contributed by atoms with Crippen molar-refractivity contribution in [1.82, 2.24) is 0 Å². The molecule has 6 heteroatoms. The summed E-state index contributed by atoms with van der Waals surface area (Å²) in [4.78, 5) is 0. The molecular weight excluding hydrogens is 205 g/mol. The van der Waals surface area contributed by atoms with Crippen LogP contribution in [-0.4, -0.2) is 0 Å². The van der Waals surface area contributed by atoms with E-state index in [1.807, 2.05) is 0 Å². The number of anilines is 1. The van der Waals surface area contributed by atoms with Crippen LogP contribution in [0.5, 0.6) is 0 Å². The Bertz CT molecular complexity index is 331. The Balaban J connectivity index is 3.15. The van der Waals surface area contributed by atoms with Gasteiger partial charge in [0.05, 0.1) is 5.56 Å². The van der Waals surface area contributed by atoms with Crippen LogP contribution in [0.25, 0.3) is 0 Å². The second-order valence-corrected chi connectivity index (χ2v) is 2.65. The van der Waals surface area contributed by atoms with E-state index >= 15 is 0 Å². The van der Waals surface area contributed by atoms with Crippen molar-refractivity contribution in [3.63, 3.8) is 0 Å². The Labute approximate surface area is 76.3 Å². The van der Waals surface area contributed by atoms with Crippen LogP contribution in [0.3, 0.4) is 0 Å². The molecule has 0 fully saturated rings. The summed E-state index contributed by atoms with van der Waals surface area (Å²) in [5, 5.41) is 0. The van der Waals surface area contributed by atoms with Gasteiger partial charge in [-0.15, -0.1) is 0 Å². The van der Waals surface area contributed by atoms with Gasteiger partial charge in [0.2, 0.25) is 0 Å². The van der Waals surface area contributed by atoms with Crippen molar-refractivity contribution in [1.29, 1.82) is 0 Å². The van der Waals surface area contributed by atoms with Crippen molar-refractivity contribution in [2.45, 2.75) is 12.6 Å². The standard InChI is InChI=1S/C8H6F5N/c9-7(10)4-1-2-5(6(14)3-4)8(11,12)13/h1-3,7H,14H2. The molecule has 0 unspecified atom stereocenters. The van der Waals surface area contributed by atoms with Crippen molar-refractivity contribution in [2.75, 3.05) is 5.73 Å². The van der Waals surface area contributed by atoms with Crippen molar-refractivity contribution in [3.05, 3.63) is 29.3 Å². The highest BCUT2D eigenvalue weighted by Crippen LogP contribution is 2.35. The summed E-state index contributed by atoms with van der Waals surface area (Å²) < 4.78 is 60.4. The number of nitrogen functional groups attached to an aromatic ring is 1. The first-order valence-corrected chi connectivity index (χ1v) is 3.57. The van der Waals surface area contributed by atoms with Crippen molar-refractivity contribution < 1.29 is 22.0 Å². The molecule has 14 heavy (non-hydrogen) atoms. The molecule has 1 rings (SSSR count). The Morgan fingerprint density at radius 3 is 2.07 bits per heavy atom. The molecule has 0 bridgehead atoms. The zero-order chi connectivity index (χ0) is 10.9. The normalized spacial score (nSPS) is 12.1.